The molecule has 142 valence electrons. The minimum absolute atomic E-state index is 0.131. The molecule has 1 aliphatic carbocycles. The van der Waals surface area contributed by atoms with Gasteiger partial charge in [-0.3, -0.25) is 9.69 Å². The van der Waals surface area contributed by atoms with E-state index in [2.05, 4.69) is 28.0 Å². The normalized spacial score (nSPS) is 20.9. The van der Waals surface area contributed by atoms with Crippen LogP contribution in [0, 0.1) is 5.92 Å². The molecule has 4 rings (SSSR count). The van der Waals surface area contributed by atoms with Crippen LogP contribution in [0.2, 0.25) is 0 Å². The quantitative estimate of drug-likeness (QED) is 0.776. The Balaban J connectivity index is 1.39. The van der Waals surface area contributed by atoms with Gasteiger partial charge in [-0.1, -0.05) is 36.4 Å². The monoisotopic (exact) mass is 364 g/mol. The lowest BCUT2D eigenvalue weighted by atomic mass is 9.94. The highest BCUT2D eigenvalue weighted by Gasteiger charge is 2.28. The number of benzene rings is 2. The summed E-state index contributed by atoms with van der Waals surface area (Å²) in [5.74, 6) is 1.41. The number of hydrogen-bond donors (Lipinski definition) is 0. The van der Waals surface area contributed by atoms with Gasteiger partial charge in [0.2, 0.25) is 0 Å². The number of para-hydroxylation sites is 2. The second-order valence-electron chi connectivity index (χ2n) is 7.57. The van der Waals surface area contributed by atoms with Gasteiger partial charge in [0, 0.05) is 44.2 Å². The summed E-state index contributed by atoms with van der Waals surface area (Å²) in [5.41, 5.74) is 3.35. The lowest BCUT2D eigenvalue weighted by Crippen LogP contribution is -2.48. The van der Waals surface area contributed by atoms with E-state index in [1.165, 1.54) is 11.3 Å². The van der Waals surface area contributed by atoms with E-state index < -0.39 is 0 Å². The van der Waals surface area contributed by atoms with E-state index in [9.17, 15) is 4.79 Å². The summed E-state index contributed by atoms with van der Waals surface area (Å²) in [6.45, 7) is 4.80. The van der Waals surface area contributed by atoms with Crippen LogP contribution >= 0.6 is 0 Å². The maximum absolute atomic E-state index is 13.0. The molecule has 1 saturated heterocycles. The zero-order valence-electron chi connectivity index (χ0n) is 16.1. The van der Waals surface area contributed by atoms with Gasteiger partial charge in [0.1, 0.15) is 5.75 Å². The number of ether oxygens (including phenoxy) is 1. The predicted molar refractivity (Wildman–Crippen MR) is 109 cm³/mol. The number of nitrogens with zero attached hydrogens (tertiary/aromatic N) is 2. The number of methoxy groups -OCH3 is 1. The van der Waals surface area contributed by atoms with Crippen LogP contribution < -0.4 is 9.64 Å². The van der Waals surface area contributed by atoms with Crippen molar-refractivity contribution in [3.63, 3.8) is 0 Å². The van der Waals surface area contributed by atoms with E-state index >= 15 is 0 Å². The van der Waals surface area contributed by atoms with Gasteiger partial charge in [-0.05, 0) is 37.0 Å². The van der Waals surface area contributed by atoms with Crippen molar-refractivity contribution in [2.24, 2.45) is 5.92 Å². The Morgan fingerprint density at radius 3 is 2.56 bits per heavy atom. The number of carbonyl (C=O) groups is 1. The van der Waals surface area contributed by atoms with Crippen LogP contribution in [0.1, 0.15) is 28.8 Å². The number of rotatable bonds is 4. The molecule has 1 fully saturated rings. The third kappa shape index (κ3) is 3.86. The second kappa shape index (κ2) is 8.13. The molecule has 0 amide bonds. The highest BCUT2D eigenvalue weighted by atomic mass is 16.5. The maximum atomic E-state index is 13.0. The first kappa shape index (κ1) is 18.1. The summed E-state index contributed by atoms with van der Waals surface area (Å²) < 4.78 is 5.51. The minimum atomic E-state index is 0.131. The number of ketones is 1. The number of Topliss-reactive ketones (excluding diaryl/α,β-unsaturated/α-hetero) is 1. The zero-order chi connectivity index (χ0) is 18.6. The molecule has 0 saturated carbocycles. The highest BCUT2D eigenvalue weighted by molar-refractivity contribution is 5.99. The smallest absolute Gasteiger partial charge is 0.167 e. The summed E-state index contributed by atoms with van der Waals surface area (Å²) in [5, 5.41) is 0. The first-order valence-electron chi connectivity index (χ1n) is 9.98. The molecule has 27 heavy (non-hydrogen) atoms. The zero-order valence-corrected chi connectivity index (χ0v) is 16.1. The van der Waals surface area contributed by atoms with Crippen LogP contribution in [-0.2, 0) is 6.42 Å². The van der Waals surface area contributed by atoms with Gasteiger partial charge in [-0.25, -0.2) is 0 Å². The molecule has 1 heterocycles. The molecule has 0 radical (unpaired) electrons. The highest BCUT2D eigenvalue weighted by Crippen LogP contribution is 2.29. The molecule has 0 spiro atoms. The van der Waals surface area contributed by atoms with Crippen LogP contribution in [-0.4, -0.2) is 50.5 Å². The molecule has 4 nitrogen and oxygen atoms in total. The fourth-order valence-corrected chi connectivity index (χ4v) is 4.42. The number of aryl methyl sites for hydroxylation is 1. The third-order valence-corrected chi connectivity index (χ3v) is 5.93. The van der Waals surface area contributed by atoms with E-state index in [1.807, 2.05) is 30.3 Å². The van der Waals surface area contributed by atoms with Gasteiger partial charge in [-0.2, -0.15) is 0 Å². The van der Waals surface area contributed by atoms with Gasteiger partial charge in [-0.15, -0.1) is 0 Å². The van der Waals surface area contributed by atoms with Crippen LogP contribution in [0.5, 0.6) is 5.75 Å². The van der Waals surface area contributed by atoms with Gasteiger partial charge in [0.15, 0.2) is 5.78 Å². The van der Waals surface area contributed by atoms with Gasteiger partial charge in [0.05, 0.1) is 12.8 Å². The fraction of sp³-hybridized carbons (Fsp3) is 0.435. The summed E-state index contributed by atoms with van der Waals surface area (Å²) in [7, 11) is 1.73. The summed E-state index contributed by atoms with van der Waals surface area (Å²) >= 11 is 0. The Morgan fingerprint density at radius 2 is 1.74 bits per heavy atom. The van der Waals surface area contributed by atoms with Crippen molar-refractivity contribution in [3.8, 4) is 5.75 Å². The lowest BCUT2D eigenvalue weighted by molar-refractivity contribution is 0.0870. The van der Waals surface area contributed by atoms with Crippen LogP contribution in [0.25, 0.3) is 0 Å². The molecule has 2 aromatic carbocycles. The molecular weight excluding hydrogens is 336 g/mol. The standard InChI is InChI=1S/C23H28N2O2/c1-27-22-12-5-4-11-21(22)25-15-13-24(14-16-25)17-19-9-6-8-18-7-2-3-10-20(18)23(19)26/h2-5,7,10-12,19H,6,8-9,13-17H2,1H3. The molecule has 4 heteroatoms. The first-order valence-corrected chi connectivity index (χ1v) is 9.98. The fourth-order valence-electron chi connectivity index (χ4n) is 4.42. The maximum Gasteiger partial charge on any atom is 0.167 e. The lowest BCUT2D eigenvalue weighted by Gasteiger charge is -2.37. The molecule has 0 aromatic heterocycles. The van der Waals surface area contributed by atoms with Crippen molar-refractivity contribution in [1.29, 1.82) is 0 Å². The van der Waals surface area contributed by atoms with E-state index in [-0.39, 0.29) is 5.92 Å². The minimum Gasteiger partial charge on any atom is -0.495 e. The Hall–Kier alpha value is -2.33. The van der Waals surface area contributed by atoms with E-state index in [0.717, 1.165) is 63.3 Å². The number of hydrogen-bond acceptors (Lipinski definition) is 4. The molecule has 0 bridgehead atoms. The SMILES string of the molecule is COc1ccccc1N1CCN(CC2CCCc3ccccc3C2=O)CC1. The molecular formula is C23H28N2O2. The summed E-state index contributed by atoms with van der Waals surface area (Å²) in [6, 6.07) is 16.4. The summed E-state index contributed by atoms with van der Waals surface area (Å²) in [4.78, 5) is 17.9. The largest absolute Gasteiger partial charge is 0.495 e. The van der Waals surface area contributed by atoms with E-state index in [0.29, 0.717) is 5.78 Å². The third-order valence-electron chi connectivity index (χ3n) is 5.93. The van der Waals surface area contributed by atoms with Gasteiger partial charge in [0.25, 0.3) is 0 Å². The van der Waals surface area contributed by atoms with E-state index in [4.69, 9.17) is 4.74 Å². The van der Waals surface area contributed by atoms with Crippen LogP contribution in [0.15, 0.2) is 48.5 Å². The molecule has 0 N–H and O–H groups in total. The molecule has 1 unspecified atom stereocenters. The Bertz CT molecular complexity index is 796. The number of piperazine rings is 1. The Labute approximate surface area is 161 Å². The van der Waals surface area contributed by atoms with Crippen molar-refractivity contribution in [3.05, 3.63) is 59.7 Å². The van der Waals surface area contributed by atoms with Crippen molar-refractivity contribution in [2.45, 2.75) is 19.3 Å². The molecule has 2 aliphatic rings. The number of fused-ring (bicyclic) bond motifs is 1. The molecule has 1 aliphatic heterocycles. The van der Waals surface area contributed by atoms with Crippen LogP contribution in [0.4, 0.5) is 5.69 Å². The average molecular weight is 364 g/mol. The van der Waals surface area contributed by atoms with Crippen molar-refractivity contribution in [2.75, 3.05) is 44.7 Å². The summed E-state index contributed by atoms with van der Waals surface area (Å²) in [6.07, 6.45) is 3.13. The van der Waals surface area contributed by atoms with E-state index in [1.54, 1.807) is 7.11 Å². The molecule has 1 atom stereocenters. The second-order valence-corrected chi connectivity index (χ2v) is 7.57. The van der Waals surface area contributed by atoms with Crippen molar-refractivity contribution < 1.29 is 9.53 Å². The number of carbonyl (C=O) groups excluding carboxylic acids is 1. The predicted octanol–water partition coefficient (Wildman–Crippen LogP) is 3.65. The topological polar surface area (TPSA) is 32.8 Å². The average Bonchev–Trinajstić information content (AvgIpc) is 2.88. The molecule has 2 aromatic rings. The van der Waals surface area contributed by atoms with Crippen LogP contribution in [0.3, 0.4) is 0 Å². The van der Waals surface area contributed by atoms with Crippen molar-refractivity contribution in [1.82, 2.24) is 4.90 Å². The Kier molecular flexibility index (Phi) is 5.44. The Morgan fingerprint density at radius 1 is 1.00 bits per heavy atom. The number of anilines is 1. The first-order chi connectivity index (χ1) is 13.3. The van der Waals surface area contributed by atoms with Crippen molar-refractivity contribution >= 4 is 11.5 Å². The van der Waals surface area contributed by atoms with Gasteiger partial charge < -0.3 is 9.64 Å². The van der Waals surface area contributed by atoms with Gasteiger partial charge >= 0.3 is 0 Å².